The van der Waals surface area contributed by atoms with Gasteiger partial charge in [0, 0.05) is 55.1 Å². The van der Waals surface area contributed by atoms with Gasteiger partial charge in [0.05, 0.1) is 68.2 Å². The normalized spacial score (nSPS) is 9.95. The van der Waals surface area contributed by atoms with E-state index >= 15 is 0 Å². The molecule has 0 fully saturated rings. The van der Waals surface area contributed by atoms with Gasteiger partial charge in [0.2, 0.25) is 0 Å². The zero-order valence-electron chi connectivity index (χ0n) is 41.2. The molecular formula is C58H39N12O8Ru2-. The molecule has 0 unspecified atom stereocenters. The van der Waals surface area contributed by atoms with Crippen LogP contribution < -0.4 is 15.1 Å². The van der Waals surface area contributed by atoms with E-state index in [-0.39, 0.29) is 72.6 Å². The molecule has 0 saturated carbocycles. The van der Waals surface area contributed by atoms with E-state index in [1.807, 2.05) is 121 Å². The van der Waals surface area contributed by atoms with E-state index in [4.69, 9.17) is 15.3 Å². The Morgan fingerprint density at radius 1 is 0.325 bits per heavy atom. The molecule has 0 amide bonds. The number of carbonyl (C=O) groups is 4. The van der Waals surface area contributed by atoms with Crippen molar-refractivity contribution in [2.45, 2.75) is 0 Å². The van der Waals surface area contributed by atoms with Crippen LogP contribution >= 0.6 is 0 Å². The molecule has 12 aromatic rings. The van der Waals surface area contributed by atoms with Gasteiger partial charge in [-0.1, -0.05) is 84.4 Å². The number of aromatic carboxylic acids is 4. The average Bonchev–Trinajstić information content (AvgIpc) is 4.16. The van der Waals surface area contributed by atoms with E-state index in [0.717, 1.165) is 44.8 Å². The standard InChI is InChI=1S/C14H8N4.2C12H8N2O4.2C10H8N2.2Ru/c1-2-6-10-9(5-1)15-13(16-10)14-17-11-7-3-4-8-12(11)18-14;2*15-11(16)7-1-3-13-9(5-7)10-6-8(12(17)18)2-4-14-10;2*1-3-7-11-9(5-1)10-6-2-4-8-12-10;;/h1-8H;2*1-6H,(H,15,16)(H,17,18);2*1-8H;;/q-2;;;;;2*+1/p-1. The van der Waals surface area contributed by atoms with Crippen LogP contribution in [0.1, 0.15) is 41.4 Å². The Hall–Kier alpha value is -10.3. The van der Waals surface area contributed by atoms with Crippen molar-refractivity contribution in [2.75, 3.05) is 0 Å². The fourth-order valence-corrected chi connectivity index (χ4v) is 6.88. The minimum absolute atomic E-state index is 0. The molecule has 3 N–H and O–H groups in total. The van der Waals surface area contributed by atoms with Gasteiger partial charge in [0.15, 0.2) is 0 Å². The van der Waals surface area contributed by atoms with Crippen LogP contribution in [-0.4, -0.2) is 89.0 Å². The molecular weight excluding hydrogens is 1190 g/mol. The Balaban J connectivity index is 0.000000162. The maximum atomic E-state index is 10.8. The summed E-state index contributed by atoms with van der Waals surface area (Å²) < 4.78 is 0. The van der Waals surface area contributed by atoms with Crippen LogP contribution in [0.2, 0.25) is 0 Å². The molecule has 0 saturated heterocycles. The summed E-state index contributed by atoms with van der Waals surface area (Å²) >= 11 is 0. The number of hydrogen-bond acceptors (Lipinski definition) is 15. The Bertz CT molecular complexity index is 3460. The predicted octanol–water partition coefficient (Wildman–Crippen LogP) is 8.39. The minimum Gasteiger partial charge on any atom is -0.545 e. The zero-order valence-corrected chi connectivity index (χ0v) is 44.7. The van der Waals surface area contributed by atoms with Crippen LogP contribution in [0.4, 0.5) is 0 Å². The third-order valence-corrected chi connectivity index (χ3v) is 10.6. The Morgan fingerprint density at radius 2 is 0.588 bits per heavy atom. The van der Waals surface area contributed by atoms with Gasteiger partial charge < -0.3 is 45.2 Å². The van der Waals surface area contributed by atoms with E-state index in [9.17, 15) is 24.3 Å². The summed E-state index contributed by atoms with van der Waals surface area (Å²) in [6, 6.07) is 49.4. The van der Waals surface area contributed by atoms with Crippen molar-refractivity contribution in [1.82, 2.24) is 59.8 Å². The van der Waals surface area contributed by atoms with E-state index in [1.54, 1.807) is 24.8 Å². The van der Waals surface area contributed by atoms with Gasteiger partial charge in [0.25, 0.3) is 0 Å². The van der Waals surface area contributed by atoms with Gasteiger partial charge in [-0.15, -0.1) is 0 Å². The first kappa shape index (κ1) is 59.0. The summed E-state index contributed by atoms with van der Waals surface area (Å²) in [6.45, 7) is 0. The van der Waals surface area contributed by atoms with Gasteiger partial charge in [-0.3, -0.25) is 39.9 Å². The smallest absolute Gasteiger partial charge is 0.545 e. The van der Waals surface area contributed by atoms with E-state index in [2.05, 4.69) is 59.8 Å². The first-order valence-corrected chi connectivity index (χ1v) is 23.2. The number of para-hydroxylation sites is 4. The number of carboxylic acids is 4. The number of pyridine rings is 8. The first-order chi connectivity index (χ1) is 38.0. The number of carboxylic acid groups (broad SMARTS) is 4. The van der Waals surface area contributed by atoms with Crippen LogP contribution in [0.3, 0.4) is 0 Å². The van der Waals surface area contributed by atoms with Crippen LogP contribution in [0.25, 0.3) is 79.3 Å². The molecule has 20 nitrogen and oxygen atoms in total. The van der Waals surface area contributed by atoms with Crippen molar-refractivity contribution in [3.8, 4) is 57.2 Å². The zero-order chi connectivity index (χ0) is 54.6. The number of rotatable bonds is 9. The summed E-state index contributed by atoms with van der Waals surface area (Å²) in [5.74, 6) is -3.39. The summed E-state index contributed by atoms with van der Waals surface area (Å²) in [5.41, 5.74) is 8.53. The quantitative estimate of drug-likeness (QED) is 0.114. The Kier molecular flexibility index (Phi) is 21.6. The summed E-state index contributed by atoms with van der Waals surface area (Å²) in [7, 11) is 0. The number of aromatic nitrogens is 12. The molecule has 0 aliphatic rings. The maximum absolute atomic E-state index is 10.8. The third kappa shape index (κ3) is 16.4. The molecule has 0 spiro atoms. The number of fused-ring (bicyclic) bond motifs is 2. The summed E-state index contributed by atoms with van der Waals surface area (Å²) in [5, 5.41) is 37.3. The van der Waals surface area contributed by atoms with Crippen molar-refractivity contribution in [1.29, 1.82) is 0 Å². The van der Waals surface area contributed by atoms with Gasteiger partial charge in [0.1, 0.15) is 0 Å². The predicted molar refractivity (Wildman–Crippen MR) is 284 cm³/mol. The van der Waals surface area contributed by atoms with Crippen LogP contribution in [0.5, 0.6) is 0 Å². The molecule has 80 heavy (non-hydrogen) atoms. The number of carbonyl (C=O) groups excluding carboxylic acids is 1. The Labute approximate surface area is 480 Å². The van der Waals surface area contributed by atoms with Gasteiger partial charge in [-0.25, -0.2) is 14.4 Å². The molecule has 396 valence electrons. The SMILES string of the molecule is O=C(O)c1ccnc(-c2cc(C(=O)O)ccn2)c1.O=C([O-])c1ccnc(-c2cc(C(=O)O)ccn2)c1.[Ru+].[Ru+].c1ccc(-c2ccccn2)nc1.c1ccc(-c2ccccn2)nc1.c1ccc2[n-]c(-c3nc4ccccc4[n-]3)nc2c1. The minimum atomic E-state index is -1.33. The van der Waals surface area contributed by atoms with Crippen molar-refractivity contribution >= 4 is 45.9 Å². The second-order valence-electron chi connectivity index (χ2n) is 15.9. The van der Waals surface area contributed by atoms with Crippen LogP contribution in [0, 0.1) is 0 Å². The monoisotopic (exact) mass is 1240 g/mol. The molecule has 10 aromatic heterocycles. The van der Waals surface area contributed by atoms with Gasteiger partial charge in [-0.2, -0.15) is 0 Å². The molecule has 0 aliphatic carbocycles. The third-order valence-electron chi connectivity index (χ3n) is 10.6. The molecule has 22 heteroatoms. The number of nitrogens with zero attached hydrogens (tertiary/aromatic N) is 12. The van der Waals surface area contributed by atoms with Crippen molar-refractivity contribution in [3.05, 3.63) is 242 Å². The number of hydrogen-bond donors (Lipinski definition) is 3. The molecule has 0 bridgehead atoms. The van der Waals surface area contributed by atoms with Gasteiger partial charge >= 0.3 is 56.9 Å². The fourth-order valence-electron chi connectivity index (χ4n) is 6.88. The fraction of sp³-hybridized carbons (Fsp3) is 0. The van der Waals surface area contributed by atoms with Gasteiger partial charge in [-0.05, 0) is 119 Å². The first-order valence-electron chi connectivity index (χ1n) is 23.2. The Morgan fingerprint density at radius 3 is 0.850 bits per heavy atom. The topological polar surface area (TPSA) is 309 Å². The van der Waals surface area contributed by atoms with Crippen LogP contribution in [-0.2, 0) is 39.0 Å². The number of imidazole rings is 2. The largest absolute Gasteiger partial charge is 1.00 e. The van der Waals surface area contributed by atoms with E-state index in [0.29, 0.717) is 23.0 Å². The summed E-state index contributed by atoms with van der Waals surface area (Å²) in [4.78, 5) is 93.5. The molecule has 12 rings (SSSR count). The maximum Gasteiger partial charge on any atom is 1.00 e. The second kappa shape index (κ2) is 29.3. The molecule has 2 radical (unpaired) electrons. The second-order valence-corrected chi connectivity index (χ2v) is 15.9. The van der Waals surface area contributed by atoms with Crippen molar-refractivity contribution < 1.29 is 78.6 Å². The number of benzene rings is 2. The van der Waals surface area contributed by atoms with Crippen molar-refractivity contribution in [3.63, 3.8) is 0 Å². The van der Waals surface area contributed by atoms with Crippen molar-refractivity contribution in [2.24, 2.45) is 0 Å². The molecule has 0 atom stereocenters. The average molecular weight is 1230 g/mol. The van der Waals surface area contributed by atoms with Crippen LogP contribution in [0.15, 0.2) is 219 Å². The molecule has 0 aliphatic heterocycles. The summed E-state index contributed by atoms with van der Waals surface area (Å²) in [6.07, 6.45) is 12.4. The van der Waals surface area contributed by atoms with E-state index in [1.165, 1.54) is 73.3 Å². The van der Waals surface area contributed by atoms with E-state index < -0.39 is 23.9 Å². The molecule has 10 heterocycles. The molecule has 2 aromatic carbocycles.